The third-order valence-electron chi connectivity index (χ3n) is 4.55. The first-order valence-electron chi connectivity index (χ1n) is 9.48. The summed E-state index contributed by atoms with van der Waals surface area (Å²) in [5.41, 5.74) is 2.38. The van der Waals surface area contributed by atoms with Crippen LogP contribution in [0.1, 0.15) is 38.5 Å². The van der Waals surface area contributed by atoms with Crippen LogP contribution in [0, 0.1) is 0 Å². The molecule has 8 heteroatoms. The largest absolute Gasteiger partial charge is 0.370 e. The van der Waals surface area contributed by atoms with Crippen molar-refractivity contribution in [3.63, 3.8) is 0 Å². The van der Waals surface area contributed by atoms with Gasteiger partial charge >= 0.3 is 0 Å². The Hall–Kier alpha value is -2.74. The second kappa shape index (κ2) is 9.82. The Balaban J connectivity index is 1.78. The first-order valence-corrected chi connectivity index (χ1v) is 9.48. The third kappa shape index (κ3) is 5.62. The van der Waals surface area contributed by atoms with E-state index in [0.29, 0.717) is 24.6 Å². The smallest absolute Gasteiger partial charge is 0.243 e. The molecule has 0 bridgehead atoms. The zero-order valence-corrected chi connectivity index (χ0v) is 15.4. The lowest BCUT2D eigenvalue weighted by Gasteiger charge is -2.22. The molecule has 27 heavy (non-hydrogen) atoms. The zero-order valence-electron chi connectivity index (χ0n) is 15.4. The molecule has 0 aromatic carbocycles. The minimum absolute atomic E-state index is 0.251. The molecule has 3 heterocycles. The van der Waals surface area contributed by atoms with Gasteiger partial charge in [0.05, 0.1) is 0 Å². The average molecular weight is 370 g/mol. The van der Waals surface area contributed by atoms with E-state index < -0.39 is 0 Å². The first-order chi connectivity index (χ1) is 13.3. The predicted octanol–water partition coefficient (Wildman–Crippen LogP) is 2.62. The molecule has 0 unspecified atom stereocenters. The molecule has 1 aliphatic heterocycles. The van der Waals surface area contributed by atoms with E-state index in [1.807, 2.05) is 24.3 Å². The van der Waals surface area contributed by atoms with Crippen LogP contribution >= 0.6 is 0 Å². The molecule has 1 saturated heterocycles. The molecule has 3 rings (SSSR count). The van der Waals surface area contributed by atoms with Crippen LogP contribution in [0.3, 0.4) is 0 Å². The summed E-state index contributed by atoms with van der Waals surface area (Å²) in [6, 6.07) is 7.65. The number of hydroxylamine groups is 1. The molecule has 0 saturated carbocycles. The Bertz CT molecular complexity index is 732. The van der Waals surface area contributed by atoms with E-state index in [2.05, 4.69) is 20.2 Å². The molecule has 1 fully saturated rings. The molecule has 1 amide bonds. The van der Waals surface area contributed by atoms with Crippen LogP contribution in [0.2, 0.25) is 0 Å². The van der Waals surface area contributed by atoms with Crippen molar-refractivity contribution >= 4 is 17.5 Å². The number of anilines is 2. The van der Waals surface area contributed by atoms with Gasteiger partial charge in [-0.2, -0.15) is 0 Å². The van der Waals surface area contributed by atoms with Crippen LogP contribution in [0.4, 0.5) is 11.6 Å². The van der Waals surface area contributed by atoms with E-state index in [9.17, 15) is 4.79 Å². The fourth-order valence-corrected chi connectivity index (χ4v) is 3.12. The Morgan fingerprint density at radius 3 is 2.67 bits per heavy atom. The monoisotopic (exact) mass is 370 g/mol. The molecule has 0 atom stereocenters. The van der Waals surface area contributed by atoms with Crippen molar-refractivity contribution < 1.29 is 10.0 Å². The van der Waals surface area contributed by atoms with Crippen molar-refractivity contribution in [1.29, 1.82) is 0 Å². The van der Waals surface area contributed by atoms with Gasteiger partial charge in [-0.25, -0.2) is 15.4 Å². The van der Waals surface area contributed by atoms with Crippen LogP contribution < -0.4 is 15.7 Å². The standard InChI is InChI=1S/C19H26N6O2/c26-18(24-27)9-7-11-21-16-14-17(25-12-5-1-2-6-13-25)23-19(22-16)15-8-3-4-10-20-15/h3-4,8,10,14,27H,1-2,5-7,9,11-13H2,(H,24,26)(H,21,22,23). The van der Waals surface area contributed by atoms with Crippen LogP contribution in [-0.4, -0.2) is 45.7 Å². The summed E-state index contributed by atoms with van der Waals surface area (Å²) in [6.07, 6.45) is 7.43. The molecule has 1 aliphatic rings. The maximum absolute atomic E-state index is 11.1. The van der Waals surface area contributed by atoms with Gasteiger partial charge in [0.25, 0.3) is 0 Å². The molecular weight excluding hydrogens is 344 g/mol. The molecule has 2 aromatic heterocycles. The van der Waals surface area contributed by atoms with E-state index in [0.717, 1.165) is 24.6 Å². The number of nitrogens with zero attached hydrogens (tertiary/aromatic N) is 4. The van der Waals surface area contributed by atoms with Gasteiger partial charge in [0.2, 0.25) is 5.91 Å². The number of nitrogens with one attached hydrogen (secondary N) is 2. The number of hydrogen-bond donors (Lipinski definition) is 3. The van der Waals surface area contributed by atoms with E-state index in [1.165, 1.54) is 25.7 Å². The maximum Gasteiger partial charge on any atom is 0.243 e. The number of hydrogen-bond acceptors (Lipinski definition) is 7. The van der Waals surface area contributed by atoms with E-state index in [1.54, 1.807) is 11.7 Å². The fraction of sp³-hybridized carbons (Fsp3) is 0.474. The summed E-state index contributed by atoms with van der Waals surface area (Å²) >= 11 is 0. The number of aromatic nitrogens is 3. The summed E-state index contributed by atoms with van der Waals surface area (Å²) in [5, 5.41) is 11.8. The van der Waals surface area contributed by atoms with Gasteiger partial charge in [0, 0.05) is 38.3 Å². The topological polar surface area (TPSA) is 103 Å². The molecular formula is C19H26N6O2. The van der Waals surface area contributed by atoms with Crippen LogP contribution in [0.25, 0.3) is 11.5 Å². The SMILES string of the molecule is O=C(CCCNc1cc(N2CCCCCC2)nc(-c2ccccn2)n1)NO. The highest BCUT2D eigenvalue weighted by Crippen LogP contribution is 2.23. The van der Waals surface area contributed by atoms with Gasteiger partial charge in [0.15, 0.2) is 5.82 Å². The number of amides is 1. The Morgan fingerprint density at radius 2 is 1.96 bits per heavy atom. The van der Waals surface area contributed by atoms with Gasteiger partial charge in [-0.15, -0.1) is 0 Å². The number of carbonyl (C=O) groups is 1. The lowest BCUT2D eigenvalue weighted by atomic mass is 10.2. The van der Waals surface area contributed by atoms with Crippen molar-refractivity contribution in [2.24, 2.45) is 0 Å². The van der Waals surface area contributed by atoms with Gasteiger partial charge in [-0.05, 0) is 31.4 Å². The summed E-state index contributed by atoms with van der Waals surface area (Å²) in [5.74, 6) is 1.82. The lowest BCUT2D eigenvalue weighted by Crippen LogP contribution is -2.25. The minimum Gasteiger partial charge on any atom is -0.370 e. The van der Waals surface area contributed by atoms with E-state index >= 15 is 0 Å². The summed E-state index contributed by atoms with van der Waals surface area (Å²) in [7, 11) is 0. The van der Waals surface area contributed by atoms with Gasteiger partial charge in [-0.3, -0.25) is 15.0 Å². The second-order valence-electron chi connectivity index (χ2n) is 6.62. The highest BCUT2D eigenvalue weighted by Gasteiger charge is 2.15. The molecule has 0 aliphatic carbocycles. The fourth-order valence-electron chi connectivity index (χ4n) is 3.12. The second-order valence-corrected chi connectivity index (χ2v) is 6.62. The van der Waals surface area contributed by atoms with Gasteiger partial charge < -0.3 is 10.2 Å². The minimum atomic E-state index is -0.390. The quantitative estimate of drug-likeness (QED) is 0.391. The molecule has 2 aromatic rings. The molecule has 3 N–H and O–H groups in total. The highest BCUT2D eigenvalue weighted by molar-refractivity contribution is 5.74. The number of carbonyl (C=O) groups excluding carboxylic acids is 1. The third-order valence-corrected chi connectivity index (χ3v) is 4.55. The van der Waals surface area contributed by atoms with E-state index in [4.69, 9.17) is 10.2 Å². The first kappa shape index (κ1) is 19.0. The summed E-state index contributed by atoms with van der Waals surface area (Å²) in [4.78, 5) is 27.2. The van der Waals surface area contributed by atoms with Crippen LogP contribution in [0.5, 0.6) is 0 Å². The molecule has 144 valence electrons. The zero-order chi connectivity index (χ0) is 18.9. The maximum atomic E-state index is 11.1. The van der Waals surface area contributed by atoms with Gasteiger partial charge in [0.1, 0.15) is 17.3 Å². The number of pyridine rings is 1. The molecule has 0 radical (unpaired) electrons. The predicted molar refractivity (Wildman–Crippen MR) is 104 cm³/mol. The van der Waals surface area contributed by atoms with Crippen molar-refractivity contribution in [3.8, 4) is 11.5 Å². The van der Waals surface area contributed by atoms with Crippen molar-refractivity contribution in [1.82, 2.24) is 20.4 Å². The Labute approximate surface area is 159 Å². The summed E-state index contributed by atoms with van der Waals surface area (Å²) in [6.45, 7) is 2.56. The van der Waals surface area contributed by atoms with Crippen molar-refractivity contribution in [2.75, 3.05) is 29.9 Å². The van der Waals surface area contributed by atoms with Gasteiger partial charge in [-0.1, -0.05) is 18.9 Å². The average Bonchev–Trinajstić information content (AvgIpc) is 3.01. The van der Waals surface area contributed by atoms with E-state index in [-0.39, 0.29) is 12.3 Å². The van der Waals surface area contributed by atoms with Crippen LogP contribution in [-0.2, 0) is 4.79 Å². The Morgan fingerprint density at radius 1 is 1.15 bits per heavy atom. The van der Waals surface area contributed by atoms with Crippen LogP contribution in [0.15, 0.2) is 30.5 Å². The molecule has 8 nitrogen and oxygen atoms in total. The number of rotatable bonds is 7. The lowest BCUT2D eigenvalue weighted by molar-refractivity contribution is -0.129. The Kier molecular flexibility index (Phi) is 6.92. The normalized spacial score (nSPS) is 14.5. The highest BCUT2D eigenvalue weighted by atomic mass is 16.5. The van der Waals surface area contributed by atoms with Crippen molar-refractivity contribution in [2.45, 2.75) is 38.5 Å². The summed E-state index contributed by atoms with van der Waals surface area (Å²) < 4.78 is 0. The molecule has 0 spiro atoms. The van der Waals surface area contributed by atoms with Crippen molar-refractivity contribution in [3.05, 3.63) is 30.5 Å².